The Morgan fingerprint density at radius 1 is 1.16 bits per heavy atom. The van der Waals surface area contributed by atoms with Crippen LogP contribution in [0.3, 0.4) is 0 Å². The number of carbonyl (C=O) groups excluding carboxylic acids is 2. The normalized spacial score (nSPS) is 10.5. The van der Waals surface area contributed by atoms with E-state index in [9.17, 15) is 14.0 Å². The van der Waals surface area contributed by atoms with E-state index in [4.69, 9.17) is 9.47 Å². The minimum absolute atomic E-state index is 0.297. The Labute approximate surface area is 145 Å². The predicted octanol–water partition coefficient (Wildman–Crippen LogP) is 3.42. The zero-order chi connectivity index (χ0) is 18.1. The van der Waals surface area contributed by atoms with Gasteiger partial charge in [-0.25, -0.2) is 9.18 Å². The van der Waals surface area contributed by atoms with E-state index < -0.39 is 24.3 Å². The van der Waals surface area contributed by atoms with E-state index in [0.717, 1.165) is 11.3 Å². The predicted molar refractivity (Wildman–Crippen MR) is 92.6 cm³/mol. The van der Waals surface area contributed by atoms with E-state index in [-0.39, 0.29) is 0 Å². The largest absolute Gasteiger partial charge is 0.494 e. The third kappa shape index (κ3) is 6.47. The van der Waals surface area contributed by atoms with Crippen molar-refractivity contribution < 1.29 is 23.5 Å². The highest BCUT2D eigenvalue weighted by Crippen LogP contribution is 2.13. The highest BCUT2D eigenvalue weighted by atomic mass is 19.1. The van der Waals surface area contributed by atoms with Gasteiger partial charge in [0.05, 0.1) is 6.61 Å². The third-order valence-corrected chi connectivity index (χ3v) is 3.06. The van der Waals surface area contributed by atoms with E-state index in [0.29, 0.717) is 12.3 Å². The molecule has 0 aromatic heterocycles. The summed E-state index contributed by atoms with van der Waals surface area (Å²) in [7, 11) is 0. The van der Waals surface area contributed by atoms with Crippen molar-refractivity contribution >= 4 is 23.6 Å². The van der Waals surface area contributed by atoms with Gasteiger partial charge in [0, 0.05) is 11.8 Å². The summed E-state index contributed by atoms with van der Waals surface area (Å²) < 4.78 is 23.2. The van der Waals surface area contributed by atoms with Gasteiger partial charge in [-0.2, -0.15) is 0 Å². The summed E-state index contributed by atoms with van der Waals surface area (Å²) in [6, 6.07) is 12.6. The molecular formula is C19H18FNO4. The van der Waals surface area contributed by atoms with Crippen molar-refractivity contribution in [1.82, 2.24) is 0 Å². The fourth-order valence-corrected chi connectivity index (χ4v) is 1.95. The lowest BCUT2D eigenvalue weighted by molar-refractivity contribution is -0.142. The summed E-state index contributed by atoms with van der Waals surface area (Å²) in [6.07, 6.45) is 2.80. The zero-order valence-corrected chi connectivity index (χ0v) is 13.7. The highest BCUT2D eigenvalue weighted by Gasteiger charge is 2.06. The molecule has 130 valence electrons. The second-order valence-electron chi connectivity index (χ2n) is 5.00. The van der Waals surface area contributed by atoms with Gasteiger partial charge in [-0.05, 0) is 48.9 Å². The first-order chi connectivity index (χ1) is 12.1. The van der Waals surface area contributed by atoms with Crippen molar-refractivity contribution in [3.63, 3.8) is 0 Å². The van der Waals surface area contributed by atoms with Crippen LogP contribution in [-0.2, 0) is 14.3 Å². The summed E-state index contributed by atoms with van der Waals surface area (Å²) in [5.74, 6) is -0.916. The molecule has 2 rings (SSSR count). The molecule has 0 bridgehead atoms. The molecule has 6 heteroatoms. The smallest absolute Gasteiger partial charge is 0.331 e. The molecule has 0 unspecified atom stereocenters. The van der Waals surface area contributed by atoms with Crippen LogP contribution in [0.5, 0.6) is 5.75 Å². The van der Waals surface area contributed by atoms with Crippen molar-refractivity contribution in [1.29, 1.82) is 0 Å². The number of rotatable bonds is 7. The first-order valence-corrected chi connectivity index (χ1v) is 7.70. The highest BCUT2D eigenvalue weighted by molar-refractivity contribution is 5.94. The van der Waals surface area contributed by atoms with Crippen LogP contribution in [0.4, 0.5) is 10.1 Å². The number of benzene rings is 2. The number of nitrogens with one attached hydrogen (secondary N) is 1. The maximum Gasteiger partial charge on any atom is 0.331 e. The first kappa shape index (κ1) is 18.2. The van der Waals surface area contributed by atoms with Gasteiger partial charge < -0.3 is 14.8 Å². The van der Waals surface area contributed by atoms with Gasteiger partial charge in [0.1, 0.15) is 11.6 Å². The Morgan fingerprint density at radius 2 is 1.92 bits per heavy atom. The summed E-state index contributed by atoms with van der Waals surface area (Å²) in [4.78, 5) is 23.3. The van der Waals surface area contributed by atoms with Crippen molar-refractivity contribution in [3.8, 4) is 5.75 Å². The summed E-state index contributed by atoms with van der Waals surface area (Å²) >= 11 is 0. The molecule has 0 aliphatic heterocycles. The molecule has 1 N–H and O–H groups in total. The first-order valence-electron chi connectivity index (χ1n) is 7.70. The SMILES string of the molecule is CCOc1ccc(/C=C/C(=O)OCC(=O)Nc2cccc(F)c2)cc1. The number of amides is 1. The Balaban J connectivity index is 1.78. The van der Waals surface area contributed by atoms with Gasteiger partial charge in [-0.15, -0.1) is 0 Å². The van der Waals surface area contributed by atoms with Gasteiger partial charge in [-0.1, -0.05) is 18.2 Å². The number of anilines is 1. The minimum Gasteiger partial charge on any atom is -0.494 e. The van der Waals surface area contributed by atoms with Gasteiger partial charge in [0.25, 0.3) is 5.91 Å². The number of ether oxygens (including phenoxy) is 2. The molecule has 0 aliphatic rings. The van der Waals surface area contributed by atoms with Crippen LogP contribution < -0.4 is 10.1 Å². The molecular weight excluding hydrogens is 325 g/mol. The van der Waals surface area contributed by atoms with E-state index >= 15 is 0 Å². The average Bonchev–Trinajstić information content (AvgIpc) is 2.60. The van der Waals surface area contributed by atoms with Crippen molar-refractivity contribution in [2.45, 2.75) is 6.92 Å². The van der Waals surface area contributed by atoms with Gasteiger partial charge in [0.2, 0.25) is 0 Å². The van der Waals surface area contributed by atoms with Crippen LogP contribution in [0.1, 0.15) is 12.5 Å². The van der Waals surface area contributed by atoms with E-state index in [1.165, 1.54) is 30.3 Å². The van der Waals surface area contributed by atoms with Gasteiger partial charge >= 0.3 is 5.97 Å². The lowest BCUT2D eigenvalue weighted by Crippen LogP contribution is -2.20. The molecule has 0 spiro atoms. The Morgan fingerprint density at radius 3 is 2.60 bits per heavy atom. The van der Waals surface area contributed by atoms with Gasteiger partial charge in [-0.3, -0.25) is 4.79 Å². The second-order valence-corrected chi connectivity index (χ2v) is 5.00. The number of carbonyl (C=O) groups is 2. The topological polar surface area (TPSA) is 64.6 Å². The molecule has 5 nitrogen and oxygen atoms in total. The van der Waals surface area contributed by atoms with Crippen LogP contribution in [0, 0.1) is 5.82 Å². The lowest BCUT2D eigenvalue weighted by Gasteiger charge is -2.05. The van der Waals surface area contributed by atoms with Crippen molar-refractivity contribution in [3.05, 3.63) is 66.0 Å². The average molecular weight is 343 g/mol. The van der Waals surface area contributed by atoms with E-state index in [2.05, 4.69) is 5.32 Å². The number of hydrogen-bond donors (Lipinski definition) is 1. The number of hydrogen-bond acceptors (Lipinski definition) is 4. The maximum absolute atomic E-state index is 13.0. The third-order valence-electron chi connectivity index (χ3n) is 3.06. The molecule has 1 amide bonds. The quantitative estimate of drug-likeness (QED) is 0.618. The summed E-state index contributed by atoms with van der Waals surface area (Å²) in [6.45, 7) is 2.02. The minimum atomic E-state index is -0.650. The van der Waals surface area contributed by atoms with Crippen molar-refractivity contribution in [2.75, 3.05) is 18.5 Å². The van der Waals surface area contributed by atoms with Crippen molar-refractivity contribution in [2.24, 2.45) is 0 Å². The van der Waals surface area contributed by atoms with E-state index in [1.807, 2.05) is 6.92 Å². The monoisotopic (exact) mass is 343 g/mol. The van der Waals surface area contributed by atoms with E-state index in [1.54, 1.807) is 30.3 Å². The Hall–Kier alpha value is -3.15. The lowest BCUT2D eigenvalue weighted by atomic mass is 10.2. The fraction of sp³-hybridized carbons (Fsp3) is 0.158. The molecule has 0 heterocycles. The van der Waals surface area contributed by atoms with Crippen LogP contribution in [-0.4, -0.2) is 25.1 Å². The molecule has 0 saturated heterocycles. The summed E-state index contributed by atoms with van der Waals surface area (Å²) in [5, 5.41) is 2.44. The fourth-order valence-electron chi connectivity index (χ4n) is 1.95. The number of halogens is 1. The van der Waals surface area contributed by atoms with Gasteiger partial charge in [0.15, 0.2) is 6.61 Å². The standard InChI is InChI=1S/C19H18FNO4/c1-2-24-17-9-6-14(7-10-17)8-11-19(23)25-13-18(22)21-16-5-3-4-15(20)12-16/h3-12H,2,13H2,1H3,(H,21,22)/b11-8+. The zero-order valence-electron chi connectivity index (χ0n) is 13.7. The van der Waals surface area contributed by atoms with Crippen LogP contribution >= 0.6 is 0 Å². The molecule has 0 fully saturated rings. The molecule has 2 aromatic carbocycles. The molecule has 0 aliphatic carbocycles. The summed E-state index contributed by atoms with van der Waals surface area (Å²) in [5.41, 5.74) is 1.09. The Kier molecular flexibility index (Phi) is 6.71. The maximum atomic E-state index is 13.0. The van der Waals surface area contributed by atoms with Crippen LogP contribution in [0.2, 0.25) is 0 Å². The molecule has 0 saturated carbocycles. The molecule has 25 heavy (non-hydrogen) atoms. The second kappa shape index (κ2) is 9.22. The molecule has 0 atom stereocenters. The molecule has 0 radical (unpaired) electrons. The van der Waals surface area contributed by atoms with Crippen LogP contribution in [0.15, 0.2) is 54.6 Å². The number of esters is 1. The Bertz CT molecular complexity index is 756. The molecule has 2 aromatic rings. The van der Waals surface area contributed by atoms with Crippen LogP contribution in [0.25, 0.3) is 6.08 Å².